The summed E-state index contributed by atoms with van der Waals surface area (Å²) in [4.78, 5) is 26.9. The summed E-state index contributed by atoms with van der Waals surface area (Å²) in [5, 5.41) is 0.767. The molecule has 4 rings (SSSR count). The van der Waals surface area contributed by atoms with Crippen molar-refractivity contribution in [2.45, 2.75) is 25.6 Å². The van der Waals surface area contributed by atoms with Crippen molar-refractivity contribution in [1.82, 2.24) is 15.0 Å². The number of benzene rings is 1. The first kappa shape index (κ1) is 20.8. The Morgan fingerprint density at radius 2 is 1.90 bits per heavy atom. The van der Waals surface area contributed by atoms with Gasteiger partial charge >= 0.3 is 6.18 Å². The summed E-state index contributed by atoms with van der Waals surface area (Å²) in [5.74, 6) is 0.304. The molecule has 2 N–H and O–H groups in total. The van der Waals surface area contributed by atoms with E-state index < -0.39 is 17.6 Å². The van der Waals surface area contributed by atoms with E-state index in [9.17, 15) is 18.0 Å². The third-order valence-corrected chi connectivity index (χ3v) is 5.61. The second-order valence-electron chi connectivity index (χ2n) is 7.66. The second kappa shape index (κ2) is 7.64. The SMILES string of the molecule is C=C(C(N)=O)C1CC(C)N(c2nc(-c3ccc(C(F)(F)F)cc3)nc3cnccc23)C1. The maximum Gasteiger partial charge on any atom is 0.416 e. The highest BCUT2D eigenvalue weighted by molar-refractivity contribution is 5.93. The average Bonchev–Trinajstić information content (AvgIpc) is 3.13. The van der Waals surface area contributed by atoms with E-state index >= 15 is 0 Å². The molecule has 3 aromatic rings. The van der Waals surface area contributed by atoms with Gasteiger partial charge in [-0.15, -0.1) is 0 Å². The van der Waals surface area contributed by atoms with Gasteiger partial charge in [-0.1, -0.05) is 18.7 Å². The van der Waals surface area contributed by atoms with Crippen LogP contribution in [0.25, 0.3) is 22.3 Å². The van der Waals surface area contributed by atoms with Crippen LogP contribution in [0.4, 0.5) is 19.0 Å². The number of rotatable bonds is 4. The summed E-state index contributed by atoms with van der Waals surface area (Å²) in [7, 11) is 0. The first-order valence-corrected chi connectivity index (χ1v) is 9.69. The van der Waals surface area contributed by atoms with Crippen molar-refractivity contribution in [2.24, 2.45) is 11.7 Å². The van der Waals surface area contributed by atoms with Gasteiger partial charge in [-0.05, 0) is 31.5 Å². The highest BCUT2D eigenvalue weighted by atomic mass is 19.4. The van der Waals surface area contributed by atoms with Gasteiger partial charge in [0.1, 0.15) is 5.82 Å². The molecule has 1 fully saturated rings. The number of carbonyl (C=O) groups is 1. The number of anilines is 1. The van der Waals surface area contributed by atoms with Crippen LogP contribution < -0.4 is 10.6 Å². The topological polar surface area (TPSA) is 85.0 Å². The summed E-state index contributed by atoms with van der Waals surface area (Å²) in [6.45, 7) is 6.34. The second-order valence-corrected chi connectivity index (χ2v) is 7.66. The Kier molecular flexibility index (Phi) is 5.12. The van der Waals surface area contributed by atoms with Crippen molar-refractivity contribution in [2.75, 3.05) is 11.4 Å². The third kappa shape index (κ3) is 3.95. The van der Waals surface area contributed by atoms with Crippen LogP contribution in [-0.2, 0) is 11.0 Å². The van der Waals surface area contributed by atoms with Crippen LogP contribution >= 0.6 is 0 Å². The van der Waals surface area contributed by atoms with Crippen LogP contribution in [0, 0.1) is 5.92 Å². The molecule has 2 atom stereocenters. The number of aromatic nitrogens is 3. The van der Waals surface area contributed by atoms with Crippen LogP contribution in [0.15, 0.2) is 54.9 Å². The van der Waals surface area contributed by atoms with E-state index in [1.54, 1.807) is 18.5 Å². The van der Waals surface area contributed by atoms with E-state index in [4.69, 9.17) is 10.7 Å². The van der Waals surface area contributed by atoms with E-state index in [0.29, 0.717) is 41.3 Å². The van der Waals surface area contributed by atoms with Crippen LogP contribution in [0.1, 0.15) is 18.9 Å². The van der Waals surface area contributed by atoms with Crippen molar-refractivity contribution in [3.8, 4) is 11.4 Å². The Bertz CT molecular complexity index is 1160. The molecule has 0 spiro atoms. The lowest BCUT2D eigenvalue weighted by atomic mass is 9.97. The van der Waals surface area contributed by atoms with Crippen LogP contribution in [-0.4, -0.2) is 33.4 Å². The van der Waals surface area contributed by atoms with Crippen molar-refractivity contribution in [3.63, 3.8) is 0 Å². The first-order chi connectivity index (χ1) is 14.6. The fourth-order valence-corrected chi connectivity index (χ4v) is 3.90. The first-order valence-electron chi connectivity index (χ1n) is 9.69. The number of nitrogens with zero attached hydrogens (tertiary/aromatic N) is 4. The molecule has 0 radical (unpaired) electrons. The number of carbonyl (C=O) groups excluding carboxylic acids is 1. The molecular weight excluding hydrogens is 407 g/mol. The minimum Gasteiger partial charge on any atom is -0.366 e. The predicted octanol–water partition coefficient (Wildman–Crippen LogP) is 3.97. The zero-order chi connectivity index (χ0) is 22.3. The van der Waals surface area contributed by atoms with Crippen LogP contribution in [0.5, 0.6) is 0 Å². The highest BCUT2D eigenvalue weighted by Crippen LogP contribution is 2.36. The molecule has 2 aromatic heterocycles. The van der Waals surface area contributed by atoms with Crippen molar-refractivity contribution < 1.29 is 18.0 Å². The van der Waals surface area contributed by atoms with Gasteiger partial charge in [0.15, 0.2) is 5.82 Å². The molecule has 3 heterocycles. The number of primary amides is 1. The molecule has 160 valence electrons. The molecule has 0 saturated carbocycles. The zero-order valence-electron chi connectivity index (χ0n) is 16.7. The Morgan fingerprint density at radius 3 is 2.55 bits per heavy atom. The van der Waals surface area contributed by atoms with Gasteiger partial charge in [-0.2, -0.15) is 13.2 Å². The summed E-state index contributed by atoms with van der Waals surface area (Å²) in [5.41, 5.74) is 6.08. The molecule has 1 aromatic carbocycles. The monoisotopic (exact) mass is 427 g/mol. The summed E-state index contributed by atoms with van der Waals surface area (Å²) < 4.78 is 38.7. The maximum atomic E-state index is 12.9. The lowest BCUT2D eigenvalue weighted by Crippen LogP contribution is -2.29. The lowest BCUT2D eigenvalue weighted by molar-refractivity contribution is -0.137. The van der Waals surface area contributed by atoms with Gasteiger partial charge < -0.3 is 10.6 Å². The van der Waals surface area contributed by atoms with E-state index in [0.717, 1.165) is 17.5 Å². The molecule has 1 amide bonds. The van der Waals surface area contributed by atoms with Crippen molar-refractivity contribution >= 4 is 22.6 Å². The van der Waals surface area contributed by atoms with Gasteiger partial charge in [0.05, 0.1) is 17.3 Å². The third-order valence-electron chi connectivity index (χ3n) is 5.61. The number of fused-ring (bicyclic) bond motifs is 1. The molecular formula is C22H20F3N5O. The Morgan fingerprint density at radius 1 is 1.19 bits per heavy atom. The van der Waals surface area contributed by atoms with Crippen molar-refractivity contribution in [1.29, 1.82) is 0 Å². The molecule has 0 aliphatic carbocycles. The van der Waals surface area contributed by atoms with Gasteiger partial charge in [0, 0.05) is 41.2 Å². The Balaban J connectivity index is 1.77. The fraction of sp³-hybridized carbons (Fsp3) is 0.273. The number of halogens is 3. The Labute approximate surface area is 176 Å². The van der Waals surface area contributed by atoms with Gasteiger partial charge in [0.2, 0.25) is 5.91 Å². The van der Waals surface area contributed by atoms with E-state index in [1.165, 1.54) is 12.1 Å². The van der Waals surface area contributed by atoms with Gasteiger partial charge in [-0.3, -0.25) is 9.78 Å². The normalized spacial score (nSPS) is 19.0. The van der Waals surface area contributed by atoms with Gasteiger partial charge in [0.25, 0.3) is 0 Å². The minimum atomic E-state index is -4.42. The molecule has 0 bridgehead atoms. The number of hydrogen-bond donors (Lipinski definition) is 1. The lowest BCUT2D eigenvalue weighted by Gasteiger charge is -2.24. The molecule has 1 saturated heterocycles. The van der Waals surface area contributed by atoms with E-state index in [2.05, 4.69) is 21.4 Å². The minimum absolute atomic E-state index is 0.0489. The molecule has 6 nitrogen and oxygen atoms in total. The summed E-state index contributed by atoms with van der Waals surface area (Å²) >= 11 is 0. The molecule has 1 aliphatic heterocycles. The quantitative estimate of drug-likeness (QED) is 0.637. The van der Waals surface area contributed by atoms with Crippen LogP contribution in [0.2, 0.25) is 0 Å². The van der Waals surface area contributed by atoms with Crippen LogP contribution in [0.3, 0.4) is 0 Å². The number of alkyl halides is 3. The Hall–Kier alpha value is -3.49. The number of hydrogen-bond acceptors (Lipinski definition) is 5. The highest BCUT2D eigenvalue weighted by Gasteiger charge is 2.34. The van der Waals surface area contributed by atoms with E-state index in [-0.39, 0.29) is 12.0 Å². The summed E-state index contributed by atoms with van der Waals surface area (Å²) in [6, 6.07) is 6.58. The number of amides is 1. The average molecular weight is 427 g/mol. The zero-order valence-corrected chi connectivity index (χ0v) is 16.7. The number of nitrogens with two attached hydrogens (primary N) is 1. The van der Waals surface area contributed by atoms with E-state index in [1.807, 2.05) is 6.92 Å². The molecule has 9 heteroatoms. The predicted molar refractivity (Wildman–Crippen MR) is 111 cm³/mol. The van der Waals surface area contributed by atoms with Gasteiger partial charge in [-0.25, -0.2) is 9.97 Å². The largest absolute Gasteiger partial charge is 0.416 e. The molecule has 2 unspecified atom stereocenters. The standard InChI is InChI=1S/C22H20F3N5O/c1-12-9-15(13(2)19(26)31)11-30(12)21-17-7-8-27-10-18(17)28-20(29-21)14-3-5-16(6-4-14)22(23,24)25/h3-8,10,12,15H,2,9,11H2,1H3,(H2,26,31). The molecule has 31 heavy (non-hydrogen) atoms. The number of pyridine rings is 1. The smallest absolute Gasteiger partial charge is 0.366 e. The summed E-state index contributed by atoms with van der Waals surface area (Å²) in [6.07, 6.45) is -0.503. The maximum absolute atomic E-state index is 12.9. The molecule has 1 aliphatic rings. The van der Waals surface area contributed by atoms with Crippen molar-refractivity contribution in [3.05, 3.63) is 60.4 Å². The fourth-order valence-electron chi connectivity index (χ4n) is 3.90.